The second-order valence-electron chi connectivity index (χ2n) is 11.1. The molecule has 0 radical (unpaired) electrons. The van der Waals surface area contributed by atoms with Gasteiger partial charge >= 0.3 is 0 Å². The molecular weight excluding hydrogens is 508 g/mol. The fraction of sp³-hybridized carbons (Fsp3) is 0.467. The third-order valence-corrected chi connectivity index (χ3v) is 8.09. The second kappa shape index (κ2) is 12.4. The molecule has 2 N–H and O–H groups in total. The molecular formula is C30H38N6O4. The number of nitrogens with one attached hydrogen (secondary N) is 2. The lowest BCUT2D eigenvalue weighted by Crippen LogP contribution is -2.45. The standard InChI is InChI=1S/C30H38N6O4/c1-33-11-15-35(16-12-33)9-7-27(37)31-21-3-5-23-25(19-21)29(39)24-6-4-22(20-26(24)30(23)40)32-28(38)8-10-36-17-13-34(2)14-18-36/h3-6,19-20H,7-18H2,1-2H3,(H,31,37)(H,32,38). The summed E-state index contributed by atoms with van der Waals surface area (Å²) >= 11 is 0. The van der Waals surface area contributed by atoms with Gasteiger partial charge in [0.25, 0.3) is 0 Å². The van der Waals surface area contributed by atoms with Gasteiger partial charge in [0, 0.05) is 112 Å². The van der Waals surface area contributed by atoms with E-state index in [0.29, 0.717) is 48.4 Å². The summed E-state index contributed by atoms with van der Waals surface area (Å²) in [4.78, 5) is 60.9. The van der Waals surface area contributed by atoms with Crippen LogP contribution in [0.25, 0.3) is 0 Å². The Balaban J connectivity index is 1.18. The summed E-state index contributed by atoms with van der Waals surface area (Å²) < 4.78 is 0. The van der Waals surface area contributed by atoms with Crippen LogP contribution >= 0.6 is 0 Å². The monoisotopic (exact) mass is 546 g/mol. The number of piperazine rings is 2. The molecule has 0 unspecified atom stereocenters. The number of ketones is 2. The Kier molecular flexibility index (Phi) is 8.70. The third-order valence-electron chi connectivity index (χ3n) is 8.09. The number of amides is 2. The second-order valence-corrected chi connectivity index (χ2v) is 11.1. The van der Waals surface area contributed by atoms with Crippen molar-refractivity contribution in [3.8, 4) is 0 Å². The Hall–Kier alpha value is -3.44. The van der Waals surface area contributed by atoms with Crippen LogP contribution in [0.5, 0.6) is 0 Å². The van der Waals surface area contributed by atoms with Crippen molar-refractivity contribution in [1.29, 1.82) is 0 Å². The minimum absolute atomic E-state index is 0.123. The van der Waals surface area contributed by atoms with E-state index in [1.54, 1.807) is 36.4 Å². The van der Waals surface area contributed by atoms with Crippen LogP contribution in [0.1, 0.15) is 44.7 Å². The van der Waals surface area contributed by atoms with Crippen LogP contribution < -0.4 is 10.6 Å². The van der Waals surface area contributed by atoms with Gasteiger partial charge in [-0.3, -0.25) is 19.2 Å². The molecule has 5 rings (SSSR count). The van der Waals surface area contributed by atoms with Gasteiger partial charge in [-0.15, -0.1) is 0 Å². The van der Waals surface area contributed by atoms with E-state index in [2.05, 4.69) is 44.3 Å². The van der Waals surface area contributed by atoms with Crippen molar-refractivity contribution in [1.82, 2.24) is 19.6 Å². The normalized spacial score (nSPS) is 18.8. The largest absolute Gasteiger partial charge is 0.326 e. The van der Waals surface area contributed by atoms with Crippen LogP contribution in [0.4, 0.5) is 11.4 Å². The van der Waals surface area contributed by atoms with Gasteiger partial charge in [-0.25, -0.2) is 0 Å². The van der Waals surface area contributed by atoms with E-state index in [1.807, 2.05) is 0 Å². The highest BCUT2D eigenvalue weighted by Gasteiger charge is 2.30. The van der Waals surface area contributed by atoms with E-state index in [0.717, 1.165) is 52.4 Å². The van der Waals surface area contributed by atoms with Crippen LogP contribution in [-0.4, -0.2) is 123 Å². The first kappa shape index (κ1) is 28.1. The molecule has 2 aliphatic heterocycles. The van der Waals surface area contributed by atoms with E-state index in [9.17, 15) is 19.2 Å². The SMILES string of the molecule is CN1CCN(CCC(=O)Nc2ccc3c(c2)C(=O)c2ccc(NC(=O)CCN4CCN(C)CC4)cc2C3=O)CC1. The third kappa shape index (κ3) is 6.64. The van der Waals surface area contributed by atoms with Gasteiger partial charge in [0.1, 0.15) is 0 Å². The smallest absolute Gasteiger partial charge is 0.225 e. The summed E-state index contributed by atoms with van der Waals surface area (Å²) in [7, 11) is 4.19. The number of rotatable bonds is 8. The molecule has 40 heavy (non-hydrogen) atoms. The lowest BCUT2D eigenvalue weighted by Gasteiger charge is -2.32. The highest BCUT2D eigenvalue weighted by atomic mass is 16.2. The maximum atomic E-state index is 13.3. The van der Waals surface area contributed by atoms with Gasteiger partial charge < -0.3 is 30.2 Å². The first-order chi connectivity index (χ1) is 19.3. The van der Waals surface area contributed by atoms with Crippen molar-refractivity contribution in [2.24, 2.45) is 0 Å². The Morgan fingerprint density at radius 2 is 0.975 bits per heavy atom. The van der Waals surface area contributed by atoms with Gasteiger partial charge in [-0.05, 0) is 50.5 Å². The molecule has 10 heteroatoms. The van der Waals surface area contributed by atoms with Crippen molar-refractivity contribution >= 4 is 34.8 Å². The molecule has 0 saturated carbocycles. The zero-order chi connectivity index (χ0) is 28.2. The summed E-state index contributed by atoms with van der Waals surface area (Å²) in [5.41, 5.74) is 2.14. The highest BCUT2D eigenvalue weighted by molar-refractivity contribution is 6.29. The molecule has 10 nitrogen and oxygen atoms in total. The molecule has 0 atom stereocenters. The van der Waals surface area contributed by atoms with Crippen molar-refractivity contribution in [2.45, 2.75) is 12.8 Å². The first-order valence-corrected chi connectivity index (χ1v) is 14.1. The van der Waals surface area contributed by atoms with Crippen LogP contribution in [0.2, 0.25) is 0 Å². The number of carbonyl (C=O) groups is 4. The Morgan fingerprint density at radius 1 is 0.600 bits per heavy atom. The average molecular weight is 547 g/mol. The van der Waals surface area contributed by atoms with Crippen LogP contribution in [0, 0.1) is 0 Å². The lowest BCUT2D eigenvalue weighted by atomic mass is 9.83. The van der Waals surface area contributed by atoms with Gasteiger partial charge in [0.05, 0.1) is 0 Å². The summed E-state index contributed by atoms with van der Waals surface area (Å²) in [6.07, 6.45) is 0.723. The van der Waals surface area contributed by atoms with E-state index in [4.69, 9.17) is 0 Å². The van der Waals surface area contributed by atoms with Gasteiger partial charge in [0.15, 0.2) is 11.6 Å². The van der Waals surface area contributed by atoms with Crippen LogP contribution in [0.15, 0.2) is 36.4 Å². The van der Waals surface area contributed by atoms with Gasteiger partial charge in [0.2, 0.25) is 11.8 Å². The molecule has 2 saturated heterocycles. The maximum absolute atomic E-state index is 13.3. The summed E-state index contributed by atoms with van der Waals surface area (Å²) in [5.74, 6) is -0.791. The molecule has 2 amide bonds. The zero-order valence-corrected chi connectivity index (χ0v) is 23.4. The predicted molar refractivity (Wildman–Crippen MR) is 154 cm³/mol. The van der Waals surface area contributed by atoms with Crippen molar-refractivity contribution in [2.75, 3.05) is 90.2 Å². The van der Waals surface area contributed by atoms with E-state index < -0.39 is 0 Å². The van der Waals surface area contributed by atoms with Crippen LogP contribution in [-0.2, 0) is 9.59 Å². The molecule has 2 heterocycles. The minimum atomic E-state index is -0.272. The summed E-state index contributed by atoms with van der Waals surface area (Å²) in [6.45, 7) is 9.13. The van der Waals surface area contributed by atoms with Crippen molar-refractivity contribution < 1.29 is 19.2 Å². The summed E-state index contributed by atoms with van der Waals surface area (Å²) in [6, 6.07) is 9.67. The molecule has 2 fully saturated rings. The lowest BCUT2D eigenvalue weighted by molar-refractivity contribution is -0.117. The van der Waals surface area contributed by atoms with E-state index in [1.165, 1.54) is 0 Å². The van der Waals surface area contributed by atoms with Crippen LogP contribution in [0.3, 0.4) is 0 Å². The fourth-order valence-corrected chi connectivity index (χ4v) is 5.42. The Labute approximate surface area is 235 Å². The number of hydrogen-bond donors (Lipinski definition) is 2. The Bertz CT molecular complexity index is 1200. The number of likely N-dealkylation sites (N-methyl/N-ethyl adjacent to an activating group) is 2. The Morgan fingerprint density at radius 3 is 1.35 bits per heavy atom. The van der Waals surface area contributed by atoms with Crippen molar-refractivity contribution in [3.63, 3.8) is 0 Å². The molecule has 2 aromatic carbocycles. The molecule has 3 aliphatic rings. The number of nitrogens with zero attached hydrogens (tertiary/aromatic N) is 4. The van der Waals surface area contributed by atoms with Gasteiger partial charge in [-0.1, -0.05) is 0 Å². The average Bonchev–Trinajstić information content (AvgIpc) is 2.95. The highest BCUT2D eigenvalue weighted by Crippen LogP contribution is 2.31. The topological polar surface area (TPSA) is 105 Å². The van der Waals surface area contributed by atoms with Gasteiger partial charge in [-0.2, -0.15) is 0 Å². The molecule has 0 spiro atoms. The van der Waals surface area contributed by atoms with Crippen molar-refractivity contribution in [3.05, 3.63) is 58.7 Å². The van der Waals surface area contributed by atoms with E-state index in [-0.39, 0.29) is 34.5 Å². The number of hydrogen-bond acceptors (Lipinski definition) is 8. The molecule has 2 aromatic rings. The first-order valence-electron chi connectivity index (χ1n) is 14.1. The maximum Gasteiger partial charge on any atom is 0.225 e. The zero-order valence-electron chi connectivity index (χ0n) is 23.4. The van der Waals surface area contributed by atoms with E-state index >= 15 is 0 Å². The summed E-state index contributed by atoms with van der Waals surface area (Å²) in [5, 5.41) is 5.75. The number of anilines is 2. The molecule has 0 bridgehead atoms. The number of carbonyl (C=O) groups excluding carboxylic acids is 4. The predicted octanol–water partition coefficient (Wildman–Crippen LogP) is 1.61. The molecule has 212 valence electrons. The number of benzene rings is 2. The fourth-order valence-electron chi connectivity index (χ4n) is 5.42. The molecule has 1 aliphatic carbocycles. The molecule has 0 aromatic heterocycles. The number of fused-ring (bicyclic) bond motifs is 2. The minimum Gasteiger partial charge on any atom is -0.326 e. The quantitative estimate of drug-likeness (QED) is 0.439.